The van der Waals surface area contributed by atoms with E-state index in [1.54, 1.807) is 0 Å². The molecule has 1 rings (SSSR count). The summed E-state index contributed by atoms with van der Waals surface area (Å²) in [5, 5.41) is 3.71. The SMILES string of the molecule is CCOCCCC(CC)(CNC(C)(C)C)c1ccccc1. The third-order valence-corrected chi connectivity index (χ3v) is 4.17. The summed E-state index contributed by atoms with van der Waals surface area (Å²) in [5.74, 6) is 0. The zero-order valence-corrected chi connectivity index (χ0v) is 14.5. The van der Waals surface area contributed by atoms with E-state index in [1.807, 2.05) is 0 Å². The maximum Gasteiger partial charge on any atom is 0.0466 e. The van der Waals surface area contributed by atoms with Gasteiger partial charge in [0.05, 0.1) is 0 Å². The average molecular weight is 291 g/mol. The standard InChI is InChI=1S/C19H33NO/c1-6-19(14-11-15-21-7-2,16-20-18(3,4)5)17-12-9-8-10-13-17/h8-10,12-13,20H,6-7,11,14-16H2,1-5H3. The minimum atomic E-state index is 0.148. The second-order valence-corrected chi connectivity index (χ2v) is 6.90. The van der Waals surface area contributed by atoms with Crippen LogP contribution in [0.3, 0.4) is 0 Å². The number of hydrogen-bond donors (Lipinski definition) is 1. The van der Waals surface area contributed by atoms with Crippen molar-refractivity contribution in [1.29, 1.82) is 0 Å². The van der Waals surface area contributed by atoms with Gasteiger partial charge in [-0.3, -0.25) is 0 Å². The zero-order valence-electron chi connectivity index (χ0n) is 14.5. The third kappa shape index (κ3) is 6.19. The van der Waals surface area contributed by atoms with Gasteiger partial charge in [0.1, 0.15) is 0 Å². The van der Waals surface area contributed by atoms with E-state index >= 15 is 0 Å². The molecule has 2 nitrogen and oxygen atoms in total. The molecule has 0 radical (unpaired) electrons. The molecule has 1 aromatic rings. The third-order valence-electron chi connectivity index (χ3n) is 4.17. The number of rotatable bonds is 9. The summed E-state index contributed by atoms with van der Waals surface area (Å²) in [6.07, 6.45) is 3.42. The van der Waals surface area contributed by atoms with Crippen molar-refractivity contribution >= 4 is 0 Å². The average Bonchev–Trinajstić information content (AvgIpc) is 2.47. The molecule has 21 heavy (non-hydrogen) atoms. The first-order valence-corrected chi connectivity index (χ1v) is 8.32. The lowest BCUT2D eigenvalue weighted by Gasteiger charge is -2.37. The number of benzene rings is 1. The van der Waals surface area contributed by atoms with Crippen molar-refractivity contribution in [1.82, 2.24) is 5.32 Å². The largest absolute Gasteiger partial charge is 0.382 e. The Labute approximate surface area is 131 Å². The molecule has 1 unspecified atom stereocenters. The van der Waals surface area contributed by atoms with Crippen LogP contribution >= 0.6 is 0 Å². The van der Waals surface area contributed by atoms with Crippen LogP contribution in [0.1, 0.15) is 59.4 Å². The first kappa shape index (κ1) is 18.2. The fourth-order valence-electron chi connectivity index (χ4n) is 2.72. The van der Waals surface area contributed by atoms with E-state index < -0.39 is 0 Å². The van der Waals surface area contributed by atoms with Crippen molar-refractivity contribution in [3.63, 3.8) is 0 Å². The Hall–Kier alpha value is -0.860. The summed E-state index contributed by atoms with van der Waals surface area (Å²) in [5.41, 5.74) is 1.79. The molecular weight excluding hydrogens is 258 g/mol. The smallest absolute Gasteiger partial charge is 0.0466 e. The van der Waals surface area contributed by atoms with Crippen LogP contribution in [0.4, 0.5) is 0 Å². The molecule has 0 aliphatic rings. The van der Waals surface area contributed by atoms with Crippen LogP contribution in [0.5, 0.6) is 0 Å². The molecule has 0 amide bonds. The van der Waals surface area contributed by atoms with Crippen molar-refractivity contribution in [3.8, 4) is 0 Å². The van der Waals surface area contributed by atoms with Gasteiger partial charge in [-0.2, -0.15) is 0 Å². The van der Waals surface area contributed by atoms with E-state index in [4.69, 9.17) is 4.74 Å². The summed E-state index contributed by atoms with van der Waals surface area (Å²) < 4.78 is 5.53. The highest BCUT2D eigenvalue weighted by molar-refractivity contribution is 5.26. The van der Waals surface area contributed by atoms with Crippen LogP contribution in [-0.2, 0) is 10.2 Å². The molecule has 0 saturated carbocycles. The molecule has 0 aliphatic carbocycles. The fourth-order valence-corrected chi connectivity index (χ4v) is 2.72. The van der Waals surface area contributed by atoms with Crippen molar-refractivity contribution in [2.24, 2.45) is 0 Å². The minimum Gasteiger partial charge on any atom is -0.382 e. The van der Waals surface area contributed by atoms with Crippen LogP contribution in [0.2, 0.25) is 0 Å². The Balaban J connectivity index is 2.85. The van der Waals surface area contributed by atoms with Gasteiger partial charge in [0, 0.05) is 30.7 Å². The van der Waals surface area contributed by atoms with Gasteiger partial charge >= 0.3 is 0 Å². The van der Waals surface area contributed by atoms with Gasteiger partial charge in [0.25, 0.3) is 0 Å². The molecule has 120 valence electrons. The van der Waals surface area contributed by atoms with Crippen molar-refractivity contribution in [2.75, 3.05) is 19.8 Å². The Morgan fingerprint density at radius 1 is 1.05 bits per heavy atom. The summed E-state index contributed by atoms with van der Waals surface area (Å²) >= 11 is 0. The molecule has 2 heteroatoms. The van der Waals surface area contributed by atoms with E-state index in [1.165, 1.54) is 5.56 Å². The second-order valence-electron chi connectivity index (χ2n) is 6.90. The van der Waals surface area contributed by atoms with E-state index in [-0.39, 0.29) is 11.0 Å². The van der Waals surface area contributed by atoms with Crippen LogP contribution in [-0.4, -0.2) is 25.3 Å². The van der Waals surface area contributed by atoms with Crippen molar-refractivity contribution < 1.29 is 4.74 Å². The van der Waals surface area contributed by atoms with Gasteiger partial charge in [0.15, 0.2) is 0 Å². The van der Waals surface area contributed by atoms with Crippen molar-refractivity contribution in [3.05, 3.63) is 35.9 Å². The van der Waals surface area contributed by atoms with E-state index in [0.717, 1.165) is 39.0 Å². The van der Waals surface area contributed by atoms with Crippen LogP contribution in [0.25, 0.3) is 0 Å². The van der Waals surface area contributed by atoms with Gasteiger partial charge in [-0.05, 0) is 52.5 Å². The number of nitrogens with one attached hydrogen (secondary N) is 1. The Morgan fingerprint density at radius 2 is 1.71 bits per heavy atom. The predicted octanol–water partition coefficient (Wildman–Crippen LogP) is 4.54. The highest BCUT2D eigenvalue weighted by Crippen LogP contribution is 2.33. The Bertz CT molecular complexity index is 382. The molecule has 0 spiro atoms. The summed E-state index contributed by atoms with van der Waals surface area (Å²) in [4.78, 5) is 0. The second kappa shape index (κ2) is 8.55. The van der Waals surface area contributed by atoms with Gasteiger partial charge in [0.2, 0.25) is 0 Å². The summed E-state index contributed by atoms with van der Waals surface area (Å²) in [6.45, 7) is 13.8. The molecule has 1 N–H and O–H groups in total. The Morgan fingerprint density at radius 3 is 2.24 bits per heavy atom. The monoisotopic (exact) mass is 291 g/mol. The number of ether oxygens (including phenoxy) is 1. The molecule has 0 saturated heterocycles. The Kier molecular flexibility index (Phi) is 7.41. The highest BCUT2D eigenvalue weighted by atomic mass is 16.5. The summed E-state index contributed by atoms with van der Waals surface area (Å²) in [7, 11) is 0. The summed E-state index contributed by atoms with van der Waals surface area (Å²) in [6, 6.07) is 10.9. The zero-order chi connectivity index (χ0) is 15.8. The lowest BCUT2D eigenvalue weighted by atomic mass is 9.74. The molecule has 0 heterocycles. The van der Waals surface area contributed by atoms with E-state index in [0.29, 0.717) is 0 Å². The first-order valence-electron chi connectivity index (χ1n) is 8.32. The van der Waals surface area contributed by atoms with Crippen LogP contribution < -0.4 is 5.32 Å². The molecule has 0 bridgehead atoms. The maximum atomic E-state index is 5.53. The van der Waals surface area contributed by atoms with Gasteiger partial charge in [-0.15, -0.1) is 0 Å². The predicted molar refractivity (Wildman–Crippen MR) is 91.9 cm³/mol. The molecular formula is C19H33NO. The quantitative estimate of drug-likeness (QED) is 0.674. The van der Waals surface area contributed by atoms with Crippen LogP contribution in [0, 0.1) is 0 Å². The molecule has 0 aromatic heterocycles. The van der Waals surface area contributed by atoms with E-state index in [9.17, 15) is 0 Å². The molecule has 1 aromatic carbocycles. The normalized spacial score (nSPS) is 14.9. The molecule has 1 atom stereocenters. The molecule has 0 fully saturated rings. The lowest BCUT2D eigenvalue weighted by Crippen LogP contribution is -2.46. The van der Waals surface area contributed by atoms with Gasteiger partial charge in [-0.1, -0.05) is 37.3 Å². The fraction of sp³-hybridized carbons (Fsp3) is 0.684. The lowest BCUT2D eigenvalue weighted by molar-refractivity contribution is 0.135. The molecule has 0 aliphatic heterocycles. The maximum absolute atomic E-state index is 5.53. The minimum absolute atomic E-state index is 0.148. The first-order chi connectivity index (χ1) is 9.93. The highest BCUT2D eigenvalue weighted by Gasteiger charge is 2.30. The van der Waals surface area contributed by atoms with Gasteiger partial charge < -0.3 is 10.1 Å². The van der Waals surface area contributed by atoms with Crippen LogP contribution in [0.15, 0.2) is 30.3 Å². The van der Waals surface area contributed by atoms with Gasteiger partial charge in [-0.25, -0.2) is 0 Å². The topological polar surface area (TPSA) is 21.3 Å². The number of hydrogen-bond acceptors (Lipinski definition) is 2. The van der Waals surface area contributed by atoms with E-state index in [2.05, 4.69) is 70.3 Å². The van der Waals surface area contributed by atoms with Crippen molar-refractivity contribution in [2.45, 2.75) is 64.8 Å².